The van der Waals surface area contributed by atoms with Gasteiger partial charge in [-0.05, 0) is 5.92 Å². The monoisotopic (exact) mass is 226 g/mol. The number of aromatic nitrogens is 2. The minimum absolute atomic E-state index is 0.0670. The molecule has 0 saturated carbocycles. The number of hydrogen-bond donors (Lipinski definition) is 0. The van der Waals surface area contributed by atoms with Gasteiger partial charge >= 0.3 is 6.18 Å². The molecule has 0 unspecified atom stereocenters. The summed E-state index contributed by atoms with van der Waals surface area (Å²) in [6.07, 6.45) is -2.91. The van der Waals surface area contributed by atoms with Gasteiger partial charge in [-0.15, -0.1) is 0 Å². The van der Waals surface area contributed by atoms with Gasteiger partial charge in [0.1, 0.15) is 11.7 Å². The topological polar surface area (TPSA) is 17.8 Å². The largest absolute Gasteiger partial charge is 0.408 e. The first kappa shape index (κ1) is 11.4. The molecule has 0 saturated heterocycles. The minimum Gasteiger partial charge on any atom is -0.245 e. The summed E-state index contributed by atoms with van der Waals surface area (Å²) in [7, 11) is 0. The molecule has 0 spiro atoms. The molecule has 1 aromatic heterocycles. The highest BCUT2D eigenvalue weighted by Gasteiger charge is 2.30. The summed E-state index contributed by atoms with van der Waals surface area (Å²) >= 11 is 5.73. The van der Waals surface area contributed by atoms with Crippen molar-refractivity contribution in [2.45, 2.75) is 32.5 Å². The summed E-state index contributed by atoms with van der Waals surface area (Å²) in [6, 6.07) is 0. The Labute approximate surface area is 84.7 Å². The lowest BCUT2D eigenvalue weighted by Crippen LogP contribution is -2.18. The van der Waals surface area contributed by atoms with Crippen molar-refractivity contribution in [1.29, 1.82) is 0 Å². The lowest BCUT2D eigenvalue weighted by Gasteiger charge is -2.08. The van der Waals surface area contributed by atoms with E-state index in [4.69, 9.17) is 11.6 Å². The number of hydrogen-bond acceptors (Lipinski definition) is 1. The van der Waals surface area contributed by atoms with Crippen LogP contribution in [-0.2, 0) is 6.54 Å². The Balaban J connectivity index is 2.91. The molecule has 0 aliphatic rings. The fourth-order valence-corrected chi connectivity index (χ4v) is 1.42. The molecular weight excluding hydrogens is 217 g/mol. The predicted octanol–water partition coefficient (Wildman–Crippen LogP) is 3.22. The Morgan fingerprint density at radius 1 is 1.50 bits per heavy atom. The van der Waals surface area contributed by atoms with Gasteiger partial charge in [0, 0.05) is 5.56 Å². The van der Waals surface area contributed by atoms with Crippen LogP contribution in [0.5, 0.6) is 0 Å². The molecule has 1 heterocycles. The Kier molecular flexibility index (Phi) is 3.09. The summed E-state index contributed by atoms with van der Waals surface area (Å²) in [5.74, 6) is 0.0736. The van der Waals surface area contributed by atoms with Crippen LogP contribution in [-0.4, -0.2) is 16.0 Å². The number of rotatable bonds is 2. The molecule has 0 amide bonds. The number of halogens is 4. The van der Waals surface area contributed by atoms with E-state index >= 15 is 0 Å². The second-order valence-electron chi connectivity index (χ2n) is 3.32. The van der Waals surface area contributed by atoms with E-state index in [9.17, 15) is 13.2 Å². The van der Waals surface area contributed by atoms with Crippen molar-refractivity contribution in [1.82, 2.24) is 9.78 Å². The van der Waals surface area contributed by atoms with Crippen LogP contribution in [0.25, 0.3) is 0 Å². The average molecular weight is 227 g/mol. The normalized spacial score (nSPS) is 12.5. The van der Waals surface area contributed by atoms with Crippen molar-refractivity contribution in [3.05, 3.63) is 16.9 Å². The Morgan fingerprint density at radius 2 is 2.07 bits per heavy atom. The average Bonchev–Trinajstić information content (AvgIpc) is 2.29. The first-order chi connectivity index (χ1) is 6.31. The molecule has 0 radical (unpaired) electrons. The highest BCUT2D eigenvalue weighted by atomic mass is 35.5. The van der Waals surface area contributed by atoms with Gasteiger partial charge in [-0.2, -0.15) is 18.3 Å². The van der Waals surface area contributed by atoms with E-state index in [1.807, 2.05) is 13.8 Å². The molecule has 0 bridgehead atoms. The van der Waals surface area contributed by atoms with Crippen LogP contribution in [0, 0.1) is 0 Å². The van der Waals surface area contributed by atoms with Gasteiger partial charge in [0.2, 0.25) is 0 Å². The van der Waals surface area contributed by atoms with E-state index in [1.165, 1.54) is 6.20 Å². The van der Waals surface area contributed by atoms with E-state index < -0.39 is 12.7 Å². The molecule has 0 fully saturated rings. The van der Waals surface area contributed by atoms with Gasteiger partial charge in [0.05, 0.1) is 6.20 Å². The van der Waals surface area contributed by atoms with Gasteiger partial charge in [-0.1, -0.05) is 25.4 Å². The zero-order chi connectivity index (χ0) is 10.9. The molecule has 2 nitrogen and oxygen atoms in total. The van der Waals surface area contributed by atoms with Crippen molar-refractivity contribution in [2.24, 2.45) is 0 Å². The standard InChI is InChI=1S/C8H10ClF3N2/c1-5(2)6-3-13-14(7(6)9)4-8(10,11)12/h3,5H,4H2,1-2H3. The quantitative estimate of drug-likeness (QED) is 0.757. The van der Waals surface area contributed by atoms with Gasteiger partial charge in [0.15, 0.2) is 0 Å². The number of nitrogens with zero attached hydrogens (tertiary/aromatic N) is 2. The molecule has 0 atom stereocenters. The fourth-order valence-electron chi connectivity index (χ4n) is 1.05. The fraction of sp³-hybridized carbons (Fsp3) is 0.625. The maximum atomic E-state index is 12.0. The van der Waals surface area contributed by atoms with Gasteiger partial charge in [-0.25, -0.2) is 4.68 Å². The second kappa shape index (κ2) is 3.81. The second-order valence-corrected chi connectivity index (χ2v) is 3.68. The molecule has 0 aromatic carbocycles. The van der Waals surface area contributed by atoms with Crippen LogP contribution >= 0.6 is 11.6 Å². The van der Waals surface area contributed by atoms with Crippen molar-refractivity contribution in [2.75, 3.05) is 0 Å². The first-order valence-corrected chi connectivity index (χ1v) is 4.47. The lowest BCUT2D eigenvalue weighted by atomic mass is 10.1. The van der Waals surface area contributed by atoms with E-state index in [-0.39, 0.29) is 11.1 Å². The zero-order valence-corrected chi connectivity index (χ0v) is 8.52. The van der Waals surface area contributed by atoms with Crippen LogP contribution in [0.2, 0.25) is 5.15 Å². The summed E-state index contributed by atoms with van der Waals surface area (Å²) < 4.78 is 36.8. The smallest absolute Gasteiger partial charge is 0.245 e. The van der Waals surface area contributed by atoms with Crippen molar-refractivity contribution in [3.63, 3.8) is 0 Å². The van der Waals surface area contributed by atoms with E-state index in [2.05, 4.69) is 5.10 Å². The maximum absolute atomic E-state index is 12.0. The first-order valence-electron chi connectivity index (χ1n) is 4.09. The predicted molar refractivity (Wildman–Crippen MR) is 47.4 cm³/mol. The van der Waals surface area contributed by atoms with Crippen LogP contribution < -0.4 is 0 Å². The van der Waals surface area contributed by atoms with Crippen LogP contribution in [0.1, 0.15) is 25.3 Å². The molecule has 14 heavy (non-hydrogen) atoms. The molecule has 0 aliphatic carbocycles. The van der Waals surface area contributed by atoms with E-state index in [0.29, 0.717) is 5.56 Å². The minimum atomic E-state index is -4.29. The van der Waals surface area contributed by atoms with Crippen molar-refractivity contribution < 1.29 is 13.2 Å². The van der Waals surface area contributed by atoms with Crippen molar-refractivity contribution >= 4 is 11.6 Å². The van der Waals surface area contributed by atoms with Crippen molar-refractivity contribution in [3.8, 4) is 0 Å². The third kappa shape index (κ3) is 2.64. The summed E-state index contributed by atoms with van der Waals surface area (Å²) in [5, 5.41) is 3.65. The molecule has 1 aromatic rings. The van der Waals surface area contributed by atoms with Gasteiger partial charge in [0.25, 0.3) is 0 Å². The third-order valence-corrected chi connectivity index (χ3v) is 2.17. The van der Waals surface area contributed by atoms with E-state index in [1.54, 1.807) is 0 Å². The van der Waals surface area contributed by atoms with Crippen LogP contribution in [0.4, 0.5) is 13.2 Å². The molecule has 0 aliphatic heterocycles. The summed E-state index contributed by atoms with van der Waals surface area (Å²) in [5.41, 5.74) is 0.635. The number of alkyl halides is 3. The van der Waals surface area contributed by atoms with Gasteiger partial charge < -0.3 is 0 Å². The molecule has 1 rings (SSSR count). The molecular formula is C8H10ClF3N2. The SMILES string of the molecule is CC(C)c1cnn(CC(F)(F)F)c1Cl. The van der Waals surface area contributed by atoms with E-state index in [0.717, 1.165) is 4.68 Å². The maximum Gasteiger partial charge on any atom is 0.408 e. The summed E-state index contributed by atoms with van der Waals surface area (Å²) in [6.45, 7) is 2.56. The lowest BCUT2D eigenvalue weighted by molar-refractivity contribution is -0.142. The zero-order valence-electron chi connectivity index (χ0n) is 7.77. The molecule has 0 N–H and O–H groups in total. The Morgan fingerprint density at radius 3 is 2.43 bits per heavy atom. The molecule has 80 valence electrons. The highest BCUT2D eigenvalue weighted by Crippen LogP contribution is 2.26. The Hall–Kier alpha value is -0.710. The van der Waals surface area contributed by atoms with Crippen LogP contribution in [0.3, 0.4) is 0 Å². The van der Waals surface area contributed by atoms with Gasteiger partial charge in [-0.3, -0.25) is 0 Å². The Bertz CT molecular complexity index is 317. The molecule has 6 heteroatoms. The highest BCUT2D eigenvalue weighted by molar-refractivity contribution is 6.30. The summed E-state index contributed by atoms with van der Waals surface area (Å²) in [4.78, 5) is 0. The van der Waals surface area contributed by atoms with Crippen LogP contribution in [0.15, 0.2) is 6.20 Å². The third-order valence-electron chi connectivity index (χ3n) is 1.75.